The minimum Gasteiger partial charge on any atom is -0.456 e. The number of nitrogens with one attached hydrogen (secondary N) is 1. The van der Waals surface area contributed by atoms with Crippen molar-refractivity contribution >= 4 is 29.3 Å². The van der Waals surface area contributed by atoms with Crippen LogP contribution in [0.5, 0.6) is 0 Å². The van der Waals surface area contributed by atoms with E-state index in [1.54, 1.807) is 35.2 Å². The molecule has 8 nitrogen and oxygen atoms in total. The van der Waals surface area contributed by atoms with Crippen LogP contribution in [0.3, 0.4) is 0 Å². The molecule has 1 aromatic heterocycles. The summed E-state index contributed by atoms with van der Waals surface area (Å²) in [6.45, 7) is 3.67. The maximum Gasteiger partial charge on any atom is 0.325 e. The number of benzene rings is 1. The van der Waals surface area contributed by atoms with Crippen molar-refractivity contribution in [2.45, 2.75) is 26.7 Å². The zero-order valence-corrected chi connectivity index (χ0v) is 17.4. The fraction of sp³-hybridized carbons (Fsp3) is 0.364. The van der Waals surface area contributed by atoms with Gasteiger partial charge in [0.05, 0.1) is 0 Å². The topological polar surface area (TPSA) is 97.7 Å². The number of ether oxygens (including phenoxy) is 1. The van der Waals surface area contributed by atoms with Crippen molar-refractivity contribution in [3.63, 3.8) is 0 Å². The van der Waals surface area contributed by atoms with Crippen molar-refractivity contribution in [3.05, 3.63) is 52.8 Å². The molecule has 0 aliphatic carbocycles. The average molecular weight is 411 g/mol. The minimum atomic E-state index is -0.693. The van der Waals surface area contributed by atoms with E-state index in [1.165, 1.54) is 0 Å². The number of aromatic nitrogens is 1. The largest absolute Gasteiger partial charge is 0.456 e. The summed E-state index contributed by atoms with van der Waals surface area (Å²) in [4.78, 5) is 49.8. The second-order valence-corrected chi connectivity index (χ2v) is 7.31. The van der Waals surface area contributed by atoms with Crippen LogP contribution in [0.25, 0.3) is 0 Å². The second-order valence-electron chi connectivity index (χ2n) is 7.31. The van der Waals surface area contributed by atoms with E-state index in [4.69, 9.17) is 4.74 Å². The Morgan fingerprint density at radius 2 is 1.83 bits per heavy atom. The normalized spacial score (nSPS) is 13.4. The predicted octanol–water partition coefficient (Wildman–Crippen LogP) is 1.92. The molecule has 1 aliphatic heterocycles. The molecule has 1 aromatic carbocycles. The highest BCUT2D eigenvalue weighted by atomic mass is 16.5. The summed E-state index contributed by atoms with van der Waals surface area (Å²) >= 11 is 0. The number of Topliss-reactive ketones (excluding diaryl/α,β-unsaturated/α-hetero) is 1. The van der Waals surface area contributed by atoms with E-state index in [2.05, 4.69) is 5.32 Å². The maximum atomic E-state index is 12.3. The van der Waals surface area contributed by atoms with Gasteiger partial charge in [-0.25, -0.2) is 0 Å². The molecule has 3 rings (SSSR count). The summed E-state index contributed by atoms with van der Waals surface area (Å²) in [5.74, 6) is -1.35. The molecule has 0 radical (unpaired) electrons. The highest BCUT2D eigenvalue weighted by molar-refractivity contribution is 6.00. The van der Waals surface area contributed by atoms with Crippen molar-refractivity contribution in [2.24, 2.45) is 7.05 Å². The Bertz CT molecular complexity index is 991. The van der Waals surface area contributed by atoms with E-state index >= 15 is 0 Å². The van der Waals surface area contributed by atoms with E-state index in [0.717, 1.165) is 23.5 Å². The zero-order valence-electron chi connectivity index (χ0n) is 17.4. The van der Waals surface area contributed by atoms with Crippen LogP contribution in [0.15, 0.2) is 30.3 Å². The van der Waals surface area contributed by atoms with Crippen LogP contribution in [-0.4, -0.2) is 47.8 Å². The zero-order chi connectivity index (χ0) is 21.8. The molecule has 1 fully saturated rings. The molecule has 1 aliphatic rings. The molecule has 30 heavy (non-hydrogen) atoms. The van der Waals surface area contributed by atoms with Crippen LogP contribution in [-0.2, 0) is 21.4 Å². The number of ketones is 1. The summed E-state index contributed by atoms with van der Waals surface area (Å²) in [6, 6.07) is 8.38. The van der Waals surface area contributed by atoms with Gasteiger partial charge in [0.2, 0.25) is 11.7 Å². The van der Waals surface area contributed by atoms with Gasteiger partial charge in [0.25, 0.3) is 5.91 Å². The maximum absolute atomic E-state index is 12.3. The van der Waals surface area contributed by atoms with Gasteiger partial charge >= 0.3 is 5.97 Å². The fourth-order valence-electron chi connectivity index (χ4n) is 3.38. The van der Waals surface area contributed by atoms with E-state index < -0.39 is 11.9 Å². The molecule has 158 valence electrons. The molecule has 0 bridgehead atoms. The van der Waals surface area contributed by atoms with Gasteiger partial charge in [0.1, 0.15) is 6.54 Å². The summed E-state index contributed by atoms with van der Waals surface area (Å²) in [5.41, 5.74) is 3.38. The summed E-state index contributed by atoms with van der Waals surface area (Å²) in [5, 5.41) is 2.48. The molecule has 1 N–H and O–H groups in total. The number of aryl methyl sites for hydroxylation is 1. The Balaban J connectivity index is 1.47. The molecule has 1 saturated heterocycles. The van der Waals surface area contributed by atoms with Gasteiger partial charge in [0.15, 0.2) is 6.61 Å². The van der Waals surface area contributed by atoms with Gasteiger partial charge < -0.3 is 19.5 Å². The second kappa shape index (κ2) is 8.94. The number of hydrogen-bond acceptors (Lipinski definition) is 5. The Kier molecular flexibility index (Phi) is 6.34. The first-order valence-electron chi connectivity index (χ1n) is 9.78. The van der Waals surface area contributed by atoms with E-state index in [1.807, 2.05) is 25.5 Å². The Morgan fingerprint density at radius 3 is 2.40 bits per heavy atom. The van der Waals surface area contributed by atoms with Gasteiger partial charge in [-0.15, -0.1) is 0 Å². The summed E-state index contributed by atoms with van der Waals surface area (Å²) in [7, 11) is 1.86. The molecular formula is C22H25N3O5. The van der Waals surface area contributed by atoms with Crippen LogP contribution < -0.4 is 10.2 Å². The molecule has 8 heteroatoms. The Morgan fingerprint density at radius 1 is 1.13 bits per heavy atom. The Hall–Kier alpha value is -3.42. The van der Waals surface area contributed by atoms with E-state index in [0.29, 0.717) is 24.1 Å². The average Bonchev–Trinajstić information content (AvgIpc) is 3.28. The molecule has 0 unspecified atom stereocenters. The number of nitrogens with zero attached hydrogens (tertiary/aromatic N) is 2. The predicted molar refractivity (Wildman–Crippen MR) is 111 cm³/mol. The third-order valence-electron chi connectivity index (χ3n) is 5.35. The van der Waals surface area contributed by atoms with Gasteiger partial charge in [-0.2, -0.15) is 0 Å². The number of esters is 1. The number of hydrogen-bond donors (Lipinski definition) is 1. The first-order valence-corrected chi connectivity index (χ1v) is 9.78. The summed E-state index contributed by atoms with van der Waals surface area (Å²) in [6.07, 6.45) is 1.37. The quantitative estimate of drug-likeness (QED) is 0.555. The lowest BCUT2D eigenvalue weighted by Crippen LogP contribution is -2.31. The molecule has 2 amide bonds. The van der Waals surface area contributed by atoms with Crippen LogP contribution in [0.4, 0.5) is 5.69 Å². The SMILES string of the molecule is Cc1cc(C(=O)COC(=O)CNC(=O)c2ccc(N3CCCC3=O)cc2)c(C)n1C. The first kappa shape index (κ1) is 21.3. The number of carbonyl (C=O) groups excluding carboxylic acids is 4. The number of anilines is 1. The van der Waals surface area contributed by atoms with Crippen molar-refractivity contribution in [2.75, 3.05) is 24.6 Å². The first-order chi connectivity index (χ1) is 14.3. The highest BCUT2D eigenvalue weighted by Crippen LogP contribution is 2.21. The lowest BCUT2D eigenvalue weighted by Gasteiger charge is -2.15. The van der Waals surface area contributed by atoms with Gasteiger partial charge in [0, 0.05) is 48.2 Å². The molecule has 2 heterocycles. The lowest BCUT2D eigenvalue weighted by atomic mass is 10.1. The standard InChI is InChI=1S/C22H25N3O5/c1-14-11-18(15(2)24(14)3)19(26)13-30-21(28)12-23-22(29)16-6-8-17(9-7-16)25-10-4-5-20(25)27/h6-9,11H,4-5,10,12-13H2,1-3H3,(H,23,29). The molecule has 0 saturated carbocycles. The lowest BCUT2D eigenvalue weighted by molar-refractivity contribution is -0.141. The van der Waals surface area contributed by atoms with E-state index in [-0.39, 0.29) is 24.8 Å². The number of amides is 2. The fourth-order valence-corrected chi connectivity index (χ4v) is 3.38. The number of carbonyl (C=O) groups is 4. The number of rotatable bonds is 7. The van der Waals surface area contributed by atoms with Crippen LogP contribution in [0.1, 0.15) is 44.9 Å². The van der Waals surface area contributed by atoms with Gasteiger partial charge in [-0.3, -0.25) is 19.2 Å². The van der Waals surface area contributed by atoms with Gasteiger partial charge in [-0.05, 0) is 50.6 Å². The van der Waals surface area contributed by atoms with Crippen LogP contribution in [0.2, 0.25) is 0 Å². The Labute approximate surface area is 174 Å². The monoisotopic (exact) mass is 411 g/mol. The summed E-state index contributed by atoms with van der Waals surface area (Å²) < 4.78 is 6.88. The molecule has 0 atom stereocenters. The van der Waals surface area contributed by atoms with Crippen LogP contribution >= 0.6 is 0 Å². The molecular weight excluding hydrogens is 386 g/mol. The van der Waals surface area contributed by atoms with Crippen molar-refractivity contribution in [1.29, 1.82) is 0 Å². The van der Waals surface area contributed by atoms with Crippen LogP contribution in [0, 0.1) is 13.8 Å². The third kappa shape index (κ3) is 4.59. The smallest absolute Gasteiger partial charge is 0.325 e. The van der Waals surface area contributed by atoms with Crippen molar-refractivity contribution in [3.8, 4) is 0 Å². The van der Waals surface area contributed by atoms with E-state index in [9.17, 15) is 19.2 Å². The van der Waals surface area contributed by atoms with Crippen molar-refractivity contribution in [1.82, 2.24) is 9.88 Å². The van der Waals surface area contributed by atoms with Crippen molar-refractivity contribution < 1.29 is 23.9 Å². The molecule has 2 aromatic rings. The van der Waals surface area contributed by atoms with Gasteiger partial charge in [-0.1, -0.05) is 0 Å². The third-order valence-corrected chi connectivity index (χ3v) is 5.35. The minimum absolute atomic E-state index is 0.0744. The highest BCUT2D eigenvalue weighted by Gasteiger charge is 2.22. The molecule has 0 spiro atoms.